The Morgan fingerprint density at radius 1 is 0.581 bits per heavy atom. The first-order valence-corrected chi connectivity index (χ1v) is 11.5. The number of hydrogen-bond donors (Lipinski definition) is 0. The molecule has 0 radical (unpaired) electrons. The van der Waals surface area contributed by atoms with E-state index in [1.807, 2.05) is 6.07 Å². The second-order valence-electron chi connectivity index (χ2n) is 6.67. The Labute approximate surface area is 191 Å². The van der Waals surface area contributed by atoms with Crippen molar-refractivity contribution >= 4 is 17.6 Å². The minimum absolute atomic E-state index is 0.219. The van der Waals surface area contributed by atoms with Gasteiger partial charge >= 0.3 is 5.97 Å². The first-order valence-electron chi connectivity index (χ1n) is 11.0. The molecule has 0 unspecified atom stereocenters. The summed E-state index contributed by atoms with van der Waals surface area (Å²) in [5.41, 5.74) is 0.536. The Bertz CT molecular complexity index is 516. The molecule has 0 saturated heterocycles. The quantitative estimate of drug-likeness (QED) is 0.148. The van der Waals surface area contributed by atoms with Crippen LogP contribution in [0.5, 0.6) is 0 Å². The molecule has 0 saturated carbocycles. The molecule has 0 aliphatic rings. The van der Waals surface area contributed by atoms with Crippen molar-refractivity contribution in [1.29, 1.82) is 0 Å². The van der Waals surface area contributed by atoms with Gasteiger partial charge in [0.1, 0.15) is 6.61 Å². The molecule has 0 atom stereocenters. The molecule has 0 N–H and O–H groups in total. The van der Waals surface area contributed by atoms with Crippen LogP contribution in [0.25, 0.3) is 0 Å². The fraction of sp³-hybridized carbons (Fsp3) is 0.696. The maximum absolute atomic E-state index is 11.7. The Morgan fingerprint density at radius 3 is 1.55 bits per heavy atom. The van der Waals surface area contributed by atoms with Gasteiger partial charge in [-0.25, -0.2) is 4.79 Å². The van der Waals surface area contributed by atoms with E-state index in [9.17, 15) is 4.79 Å². The first kappa shape index (κ1) is 27.8. The SMILES string of the molecule is O=C(OCCOCCOCCOCCOCCOCCCCCCCl)c1ccccc1. The average Bonchev–Trinajstić information content (AvgIpc) is 2.80. The summed E-state index contributed by atoms with van der Waals surface area (Å²) in [6.07, 6.45) is 4.49. The lowest BCUT2D eigenvalue weighted by Gasteiger charge is -2.08. The third kappa shape index (κ3) is 18.1. The number of benzene rings is 1. The van der Waals surface area contributed by atoms with E-state index in [1.54, 1.807) is 24.3 Å². The molecule has 178 valence electrons. The highest BCUT2D eigenvalue weighted by molar-refractivity contribution is 6.17. The van der Waals surface area contributed by atoms with Gasteiger partial charge in [-0.3, -0.25) is 0 Å². The Hall–Kier alpha value is -1.22. The van der Waals surface area contributed by atoms with E-state index in [1.165, 1.54) is 12.8 Å². The van der Waals surface area contributed by atoms with Crippen LogP contribution in [0.15, 0.2) is 30.3 Å². The van der Waals surface area contributed by atoms with E-state index in [0.717, 1.165) is 25.3 Å². The third-order valence-electron chi connectivity index (χ3n) is 4.13. The van der Waals surface area contributed by atoms with E-state index < -0.39 is 0 Å². The highest BCUT2D eigenvalue weighted by Gasteiger charge is 2.04. The van der Waals surface area contributed by atoms with Gasteiger partial charge in [-0.15, -0.1) is 11.6 Å². The predicted molar refractivity (Wildman–Crippen MR) is 120 cm³/mol. The fourth-order valence-electron chi connectivity index (χ4n) is 2.48. The number of carbonyl (C=O) groups excluding carboxylic acids is 1. The summed E-state index contributed by atoms with van der Waals surface area (Å²) in [6, 6.07) is 8.88. The summed E-state index contributed by atoms with van der Waals surface area (Å²) in [6.45, 7) is 5.54. The van der Waals surface area contributed by atoms with Gasteiger partial charge in [0.2, 0.25) is 0 Å². The largest absolute Gasteiger partial charge is 0.460 e. The van der Waals surface area contributed by atoms with Gasteiger partial charge in [-0.1, -0.05) is 31.0 Å². The maximum Gasteiger partial charge on any atom is 0.338 e. The van der Waals surface area contributed by atoms with E-state index in [2.05, 4.69) is 0 Å². The molecule has 31 heavy (non-hydrogen) atoms. The maximum atomic E-state index is 11.7. The lowest BCUT2D eigenvalue weighted by atomic mass is 10.2. The van der Waals surface area contributed by atoms with Crippen molar-refractivity contribution in [3.63, 3.8) is 0 Å². The fourth-order valence-corrected chi connectivity index (χ4v) is 2.67. The van der Waals surface area contributed by atoms with Gasteiger partial charge in [0, 0.05) is 12.5 Å². The van der Waals surface area contributed by atoms with E-state index in [4.69, 9.17) is 40.0 Å². The zero-order chi connectivity index (χ0) is 22.2. The lowest BCUT2D eigenvalue weighted by Crippen LogP contribution is -2.15. The summed E-state index contributed by atoms with van der Waals surface area (Å²) in [7, 11) is 0. The number of halogens is 1. The summed E-state index contributed by atoms with van der Waals surface area (Å²) < 4.78 is 32.3. The van der Waals surface area contributed by atoms with Crippen LogP contribution in [0, 0.1) is 0 Å². The molecular weight excluding hydrogens is 424 g/mol. The lowest BCUT2D eigenvalue weighted by molar-refractivity contribution is -0.0153. The van der Waals surface area contributed by atoms with Crippen LogP contribution in [0.3, 0.4) is 0 Å². The van der Waals surface area contributed by atoms with Crippen LogP contribution in [0.1, 0.15) is 36.0 Å². The van der Waals surface area contributed by atoms with Gasteiger partial charge in [-0.05, 0) is 25.0 Å². The van der Waals surface area contributed by atoms with Gasteiger partial charge in [0.25, 0.3) is 0 Å². The molecule has 0 aliphatic heterocycles. The number of ether oxygens (including phenoxy) is 6. The molecule has 0 amide bonds. The molecular formula is C23H37ClO7. The standard InChI is InChI=1S/C23H37ClO7/c24-10-6-1-2-7-11-26-12-13-27-14-15-28-16-17-29-18-19-30-20-21-31-23(25)22-8-4-3-5-9-22/h3-5,8-9H,1-2,6-7,10-21H2. The van der Waals surface area contributed by atoms with E-state index in [-0.39, 0.29) is 12.6 Å². The summed E-state index contributed by atoms with van der Waals surface area (Å²) in [5, 5.41) is 0. The van der Waals surface area contributed by atoms with Crippen molar-refractivity contribution in [2.45, 2.75) is 25.7 Å². The van der Waals surface area contributed by atoms with Crippen molar-refractivity contribution in [1.82, 2.24) is 0 Å². The molecule has 0 aliphatic carbocycles. The molecule has 0 heterocycles. The summed E-state index contributed by atoms with van der Waals surface area (Å²) >= 11 is 5.63. The summed E-state index contributed by atoms with van der Waals surface area (Å²) in [4.78, 5) is 11.7. The Kier molecular flexibility index (Phi) is 19.7. The molecule has 1 aromatic carbocycles. The molecule has 8 heteroatoms. The number of alkyl halides is 1. The minimum atomic E-state index is -0.344. The van der Waals surface area contributed by atoms with Crippen LogP contribution in [0.4, 0.5) is 0 Å². The van der Waals surface area contributed by atoms with Crippen LogP contribution >= 0.6 is 11.6 Å². The topological polar surface area (TPSA) is 72.5 Å². The van der Waals surface area contributed by atoms with Crippen molar-refractivity contribution in [3.8, 4) is 0 Å². The number of carbonyl (C=O) groups is 1. The first-order chi connectivity index (χ1) is 15.3. The predicted octanol–water partition coefficient (Wildman–Crippen LogP) is 3.73. The van der Waals surface area contributed by atoms with E-state index >= 15 is 0 Å². The third-order valence-corrected chi connectivity index (χ3v) is 4.40. The number of hydrogen-bond acceptors (Lipinski definition) is 7. The zero-order valence-corrected chi connectivity index (χ0v) is 19.2. The highest BCUT2D eigenvalue weighted by atomic mass is 35.5. The number of rotatable bonds is 22. The van der Waals surface area contributed by atoms with Crippen LogP contribution < -0.4 is 0 Å². The number of esters is 1. The Balaban J connectivity index is 1.70. The van der Waals surface area contributed by atoms with Crippen LogP contribution in [-0.2, 0) is 28.4 Å². The van der Waals surface area contributed by atoms with Crippen molar-refractivity contribution in [2.75, 3.05) is 78.6 Å². The highest BCUT2D eigenvalue weighted by Crippen LogP contribution is 2.01. The molecule has 1 aromatic rings. The Morgan fingerprint density at radius 2 is 1.03 bits per heavy atom. The molecule has 0 spiro atoms. The second kappa shape index (κ2) is 22.0. The average molecular weight is 461 g/mol. The molecule has 0 bridgehead atoms. The molecule has 0 fully saturated rings. The molecule has 1 rings (SSSR count). The van der Waals surface area contributed by atoms with Crippen LogP contribution in [-0.4, -0.2) is 84.5 Å². The smallest absolute Gasteiger partial charge is 0.338 e. The van der Waals surface area contributed by atoms with Gasteiger partial charge in [0.05, 0.1) is 65.0 Å². The zero-order valence-electron chi connectivity index (χ0n) is 18.4. The normalized spacial score (nSPS) is 11.0. The summed E-state index contributed by atoms with van der Waals surface area (Å²) in [5.74, 6) is 0.399. The van der Waals surface area contributed by atoms with Gasteiger partial charge in [0.15, 0.2) is 0 Å². The van der Waals surface area contributed by atoms with Crippen LogP contribution in [0.2, 0.25) is 0 Å². The van der Waals surface area contributed by atoms with Gasteiger partial charge < -0.3 is 28.4 Å². The van der Waals surface area contributed by atoms with E-state index in [0.29, 0.717) is 65.0 Å². The number of unbranched alkanes of at least 4 members (excludes halogenated alkanes) is 3. The second-order valence-corrected chi connectivity index (χ2v) is 7.04. The molecule has 7 nitrogen and oxygen atoms in total. The van der Waals surface area contributed by atoms with Crippen molar-refractivity contribution in [3.05, 3.63) is 35.9 Å². The van der Waals surface area contributed by atoms with Crippen molar-refractivity contribution in [2.24, 2.45) is 0 Å². The monoisotopic (exact) mass is 460 g/mol. The van der Waals surface area contributed by atoms with Crippen molar-refractivity contribution < 1.29 is 33.2 Å². The molecule has 0 aromatic heterocycles. The minimum Gasteiger partial charge on any atom is -0.460 e. The van der Waals surface area contributed by atoms with Gasteiger partial charge in [-0.2, -0.15) is 0 Å².